The third-order valence-corrected chi connectivity index (χ3v) is 3.22. The van der Waals surface area contributed by atoms with Gasteiger partial charge in [-0.05, 0) is 24.3 Å². The Bertz CT molecular complexity index is 714. The lowest BCUT2D eigenvalue weighted by Gasteiger charge is -2.09. The van der Waals surface area contributed by atoms with Gasteiger partial charge >= 0.3 is 6.18 Å². The summed E-state index contributed by atoms with van der Waals surface area (Å²) in [5.74, 6) is -0.512. The SMILES string of the molecule is O=C(N/N=C\c1ccccc1C(F)(F)F)c1cccc(Br)c1. The van der Waals surface area contributed by atoms with E-state index in [1.54, 1.807) is 24.3 Å². The Morgan fingerprint density at radius 1 is 1.14 bits per heavy atom. The molecule has 2 rings (SSSR count). The topological polar surface area (TPSA) is 41.5 Å². The van der Waals surface area contributed by atoms with Crippen LogP contribution in [0.25, 0.3) is 0 Å². The molecular weight excluding hydrogens is 361 g/mol. The fraction of sp³-hybridized carbons (Fsp3) is 0.0667. The predicted molar refractivity (Wildman–Crippen MR) is 80.6 cm³/mol. The van der Waals surface area contributed by atoms with E-state index in [1.807, 2.05) is 0 Å². The maximum atomic E-state index is 12.8. The summed E-state index contributed by atoms with van der Waals surface area (Å²) in [6.45, 7) is 0. The third kappa shape index (κ3) is 4.17. The van der Waals surface area contributed by atoms with Gasteiger partial charge in [0, 0.05) is 15.6 Å². The molecular formula is C15H10BrF3N2O. The van der Waals surface area contributed by atoms with Crippen LogP contribution in [-0.4, -0.2) is 12.1 Å². The monoisotopic (exact) mass is 370 g/mol. The number of hydrogen-bond donors (Lipinski definition) is 1. The second-order valence-corrected chi connectivity index (χ2v) is 5.21. The zero-order chi connectivity index (χ0) is 16.2. The van der Waals surface area contributed by atoms with E-state index in [2.05, 4.69) is 26.5 Å². The van der Waals surface area contributed by atoms with Crippen LogP contribution in [0.2, 0.25) is 0 Å². The maximum Gasteiger partial charge on any atom is 0.417 e. The van der Waals surface area contributed by atoms with Gasteiger partial charge in [0.25, 0.3) is 5.91 Å². The first kappa shape index (κ1) is 16.2. The van der Waals surface area contributed by atoms with Crippen molar-refractivity contribution < 1.29 is 18.0 Å². The molecule has 0 fully saturated rings. The van der Waals surface area contributed by atoms with Crippen LogP contribution in [0, 0.1) is 0 Å². The highest BCUT2D eigenvalue weighted by atomic mass is 79.9. The first-order chi connectivity index (χ1) is 10.4. The molecule has 2 aromatic carbocycles. The molecule has 22 heavy (non-hydrogen) atoms. The molecule has 7 heteroatoms. The Kier molecular flexibility index (Phi) is 4.97. The second kappa shape index (κ2) is 6.74. The summed E-state index contributed by atoms with van der Waals surface area (Å²) in [6.07, 6.45) is -3.50. The smallest absolute Gasteiger partial charge is 0.267 e. The number of hydrogen-bond acceptors (Lipinski definition) is 2. The molecule has 0 spiro atoms. The number of nitrogens with one attached hydrogen (secondary N) is 1. The second-order valence-electron chi connectivity index (χ2n) is 4.29. The van der Waals surface area contributed by atoms with Crippen LogP contribution in [0.15, 0.2) is 58.1 Å². The van der Waals surface area contributed by atoms with Crippen LogP contribution in [0.5, 0.6) is 0 Å². The van der Waals surface area contributed by atoms with Gasteiger partial charge < -0.3 is 0 Å². The molecule has 114 valence electrons. The first-order valence-corrected chi connectivity index (χ1v) is 6.92. The average Bonchev–Trinajstić information content (AvgIpc) is 2.46. The van der Waals surface area contributed by atoms with Crippen molar-refractivity contribution in [2.75, 3.05) is 0 Å². The van der Waals surface area contributed by atoms with Crippen LogP contribution in [0.4, 0.5) is 13.2 Å². The van der Waals surface area contributed by atoms with E-state index in [9.17, 15) is 18.0 Å². The Balaban J connectivity index is 2.12. The van der Waals surface area contributed by atoms with Gasteiger partial charge in [-0.2, -0.15) is 18.3 Å². The molecule has 1 N–H and O–H groups in total. The quantitative estimate of drug-likeness (QED) is 0.637. The van der Waals surface area contributed by atoms with Crippen LogP contribution in [0.3, 0.4) is 0 Å². The summed E-state index contributed by atoms with van der Waals surface area (Å²) < 4.78 is 39.1. The zero-order valence-electron chi connectivity index (χ0n) is 11.1. The fourth-order valence-electron chi connectivity index (χ4n) is 1.72. The Labute approximate surface area is 133 Å². The number of hydrazone groups is 1. The molecule has 0 atom stereocenters. The van der Waals surface area contributed by atoms with Crippen molar-refractivity contribution in [3.63, 3.8) is 0 Å². The molecule has 3 nitrogen and oxygen atoms in total. The summed E-state index contributed by atoms with van der Waals surface area (Å²) in [4.78, 5) is 11.8. The minimum Gasteiger partial charge on any atom is -0.267 e. The Morgan fingerprint density at radius 2 is 1.86 bits per heavy atom. The molecule has 0 aliphatic carbocycles. The standard InChI is InChI=1S/C15H10BrF3N2O/c16-12-6-3-5-10(8-12)14(22)21-20-9-11-4-1-2-7-13(11)15(17,18)19/h1-9H,(H,21,22)/b20-9-. The van der Waals surface area contributed by atoms with Crippen LogP contribution >= 0.6 is 15.9 Å². The minimum absolute atomic E-state index is 0.121. The van der Waals surface area contributed by atoms with Crippen molar-refractivity contribution in [3.05, 3.63) is 69.7 Å². The summed E-state index contributed by atoms with van der Waals surface area (Å²) >= 11 is 3.22. The highest BCUT2D eigenvalue weighted by Gasteiger charge is 2.32. The maximum absolute atomic E-state index is 12.8. The van der Waals surface area contributed by atoms with Crippen molar-refractivity contribution in [3.8, 4) is 0 Å². The molecule has 0 aliphatic heterocycles. The third-order valence-electron chi connectivity index (χ3n) is 2.72. The highest BCUT2D eigenvalue weighted by Crippen LogP contribution is 2.31. The Hall–Kier alpha value is -2.15. The molecule has 0 bridgehead atoms. The Morgan fingerprint density at radius 3 is 2.55 bits per heavy atom. The summed E-state index contributed by atoms with van der Waals surface area (Å²) in [5.41, 5.74) is 1.61. The number of amides is 1. The van der Waals surface area contributed by atoms with Crippen molar-refractivity contribution >= 4 is 28.1 Å². The van der Waals surface area contributed by atoms with Gasteiger partial charge in [0.15, 0.2) is 0 Å². The van der Waals surface area contributed by atoms with E-state index < -0.39 is 17.6 Å². The number of nitrogens with zero attached hydrogens (tertiary/aromatic N) is 1. The lowest BCUT2D eigenvalue weighted by atomic mass is 10.1. The summed E-state index contributed by atoms with van der Waals surface area (Å²) in [7, 11) is 0. The lowest BCUT2D eigenvalue weighted by molar-refractivity contribution is -0.137. The first-order valence-electron chi connectivity index (χ1n) is 6.13. The number of halogens is 4. The van der Waals surface area contributed by atoms with Crippen LogP contribution in [-0.2, 0) is 6.18 Å². The van der Waals surface area contributed by atoms with Crippen molar-refractivity contribution in [2.24, 2.45) is 5.10 Å². The molecule has 0 unspecified atom stereocenters. The summed E-state index contributed by atoms with van der Waals surface area (Å²) in [5, 5.41) is 3.58. The summed E-state index contributed by atoms with van der Waals surface area (Å²) in [6, 6.07) is 11.6. The number of alkyl halides is 3. The normalized spacial score (nSPS) is 11.6. The van der Waals surface area contributed by atoms with E-state index in [0.29, 0.717) is 10.0 Å². The molecule has 0 aromatic heterocycles. The number of carbonyl (C=O) groups is 1. The van der Waals surface area contributed by atoms with Gasteiger partial charge in [-0.3, -0.25) is 4.79 Å². The van der Waals surface area contributed by atoms with Crippen molar-refractivity contribution in [1.82, 2.24) is 5.43 Å². The fourth-order valence-corrected chi connectivity index (χ4v) is 2.12. The van der Waals surface area contributed by atoms with Gasteiger partial charge in [-0.25, -0.2) is 5.43 Å². The molecule has 0 aliphatic rings. The number of rotatable bonds is 3. The van der Waals surface area contributed by atoms with Gasteiger partial charge in [-0.1, -0.05) is 40.2 Å². The number of benzene rings is 2. The van der Waals surface area contributed by atoms with Crippen LogP contribution < -0.4 is 5.43 Å². The van der Waals surface area contributed by atoms with Gasteiger partial charge in [0.2, 0.25) is 0 Å². The van der Waals surface area contributed by atoms with Crippen molar-refractivity contribution in [1.29, 1.82) is 0 Å². The molecule has 0 heterocycles. The highest BCUT2D eigenvalue weighted by molar-refractivity contribution is 9.10. The van der Waals surface area contributed by atoms with E-state index in [0.717, 1.165) is 12.3 Å². The average molecular weight is 371 g/mol. The van der Waals surface area contributed by atoms with E-state index in [1.165, 1.54) is 18.2 Å². The van der Waals surface area contributed by atoms with Gasteiger partial charge in [-0.15, -0.1) is 0 Å². The van der Waals surface area contributed by atoms with E-state index in [4.69, 9.17) is 0 Å². The van der Waals surface area contributed by atoms with Gasteiger partial charge in [0.05, 0.1) is 11.8 Å². The largest absolute Gasteiger partial charge is 0.417 e. The zero-order valence-corrected chi connectivity index (χ0v) is 12.6. The lowest BCUT2D eigenvalue weighted by Crippen LogP contribution is -2.18. The van der Waals surface area contributed by atoms with Crippen LogP contribution in [0.1, 0.15) is 21.5 Å². The minimum atomic E-state index is -4.48. The van der Waals surface area contributed by atoms with Crippen molar-refractivity contribution in [2.45, 2.75) is 6.18 Å². The van der Waals surface area contributed by atoms with E-state index >= 15 is 0 Å². The predicted octanol–water partition coefficient (Wildman–Crippen LogP) is 4.23. The molecule has 0 radical (unpaired) electrons. The van der Waals surface area contributed by atoms with E-state index in [-0.39, 0.29) is 5.56 Å². The molecule has 0 saturated heterocycles. The van der Waals surface area contributed by atoms with Gasteiger partial charge in [0.1, 0.15) is 0 Å². The number of carbonyl (C=O) groups excluding carboxylic acids is 1. The molecule has 2 aromatic rings. The molecule has 1 amide bonds. The molecule has 0 saturated carbocycles.